The van der Waals surface area contributed by atoms with E-state index in [-0.39, 0.29) is 22.5 Å². The van der Waals surface area contributed by atoms with Crippen LogP contribution in [-0.2, 0) is 29.6 Å². The van der Waals surface area contributed by atoms with E-state index >= 15 is 0 Å². The second-order valence-electron chi connectivity index (χ2n) is 9.12. The Balaban J connectivity index is 1.81. The Morgan fingerprint density at radius 3 is 2.32 bits per heavy atom. The van der Waals surface area contributed by atoms with E-state index in [0.717, 1.165) is 16.7 Å². The zero-order valence-electron chi connectivity index (χ0n) is 20.5. The molecule has 0 aromatic heterocycles. The lowest BCUT2D eigenvalue weighted by Crippen LogP contribution is -2.33. The Morgan fingerprint density at radius 1 is 0.941 bits per heavy atom. The SMILES string of the molecule is COC1=CC(/C=C\c2cccc(NS(=O)(=O)c3cccc(C(C)(C)C)c3)c2)=CC(OC)C1OC. The van der Waals surface area contributed by atoms with Gasteiger partial charge in [0.15, 0.2) is 0 Å². The third-order valence-corrected chi connectivity index (χ3v) is 7.00. The van der Waals surface area contributed by atoms with Crippen LogP contribution in [0, 0.1) is 0 Å². The van der Waals surface area contributed by atoms with Crippen molar-refractivity contribution >= 4 is 21.8 Å². The lowest BCUT2D eigenvalue weighted by Gasteiger charge is -2.27. The highest BCUT2D eigenvalue weighted by atomic mass is 32.2. The number of benzene rings is 2. The van der Waals surface area contributed by atoms with E-state index in [1.165, 1.54) is 0 Å². The molecule has 2 aromatic carbocycles. The van der Waals surface area contributed by atoms with Gasteiger partial charge in [0.1, 0.15) is 18.0 Å². The van der Waals surface area contributed by atoms with Crippen molar-refractivity contribution in [3.63, 3.8) is 0 Å². The molecular formula is C27H33NO5S. The molecule has 0 amide bonds. The van der Waals surface area contributed by atoms with E-state index in [4.69, 9.17) is 14.2 Å². The van der Waals surface area contributed by atoms with Crippen LogP contribution >= 0.6 is 0 Å². The number of rotatable bonds is 8. The van der Waals surface area contributed by atoms with Gasteiger partial charge in [-0.15, -0.1) is 0 Å². The van der Waals surface area contributed by atoms with Crippen LogP contribution in [0.1, 0.15) is 31.9 Å². The van der Waals surface area contributed by atoms with Gasteiger partial charge in [-0.25, -0.2) is 8.42 Å². The smallest absolute Gasteiger partial charge is 0.261 e. The fraction of sp³-hybridized carbons (Fsp3) is 0.333. The molecule has 0 bridgehead atoms. The maximum atomic E-state index is 13.0. The summed E-state index contributed by atoms with van der Waals surface area (Å²) in [5.74, 6) is 0.676. The van der Waals surface area contributed by atoms with E-state index in [1.54, 1.807) is 51.7 Å². The standard InChI is InChI=1S/C27H33NO5S/c1-27(2,3)21-10-8-12-23(18-21)34(29,30)28-22-11-7-9-19(15-22)13-14-20-16-24(31-4)26(33-6)25(17-20)32-5/h7-18,24,26,28H,1-6H3/b14-13-. The largest absolute Gasteiger partial charge is 0.498 e. The molecule has 34 heavy (non-hydrogen) atoms. The number of anilines is 1. The Labute approximate surface area is 203 Å². The van der Waals surface area contributed by atoms with E-state index < -0.39 is 10.0 Å². The second-order valence-corrected chi connectivity index (χ2v) is 10.8. The van der Waals surface area contributed by atoms with Crippen molar-refractivity contribution in [3.8, 4) is 0 Å². The number of hydrogen-bond acceptors (Lipinski definition) is 5. The molecule has 0 saturated carbocycles. The fourth-order valence-electron chi connectivity index (χ4n) is 3.70. The number of methoxy groups -OCH3 is 3. The molecule has 2 unspecified atom stereocenters. The average Bonchev–Trinajstić information content (AvgIpc) is 2.81. The van der Waals surface area contributed by atoms with Gasteiger partial charge in [0, 0.05) is 19.9 Å². The van der Waals surface area contributed by atoms with Crippen molar-refractivity contribution in [1.82, 2.24) is 0 Å². The van der Waals surface area contributed by atoms with Gasteiger partial charge < -0.3 is 14.2 Å². The molecule has 0 fully saturated rings. The highest BCUT2D eigenvalue weighted by molar-refractivity contribution is 7.92. The molecule has 6 nitrogen and oxygen atoms in total. The summed E-state index contributed by atoms with van der Waals surface area (Å²) in [5.41, 5.74) is 3.05. The minimum atomic E-state index is -3.72. The molecule has 0 heterocycles. The number of sulfonamides is 1. The summed E-state index contributed by atoms with van der Waals surface area (Å²) in [6.45, 7) is 6.16. The normalized spacial score (nSPS) is 19.0. The molecule has 1 N–H and O–H groups in total. The zero-order valence-corrected chi connectivity index (χ0v) is 21.3. The molecule has 2 aromatic rings. The Kier molecular flexibility index (Phi) is 8.02. The van der Waals surface area contributed by atoms with E-state index in [0.29, 0.717) is 11.4 Å². The van der Waals surface area contributed by atoms with Gasteiger partial charge in [0.25, 0.3) is 10.0 Å². The van der Waals surface area contributed by atoms with Crippen LogP contribution in [0.4, 0.5) is 5.69 Å². The van der Waals surface area contributed by atoms with Gasteiger partial charge in [0.2, 0.25) is 0 Å². The minimum absolute atomic E-state index is 0.147. The highest BCUT2D eigenvalue weighted by Gasteiger charge is 2.28. The summed E-state index contributed by atoms with van der Waals surface area (Å²) in [4.78, 5) is 0.240. The topological polar surface area (TPSA) is 73.9 Å². The first-order valence-electron chi connectivity index (χ1n) is 11.0. The zero-order chi connectivity index (χ0) is 24.9. The van der Waals surface area contributed by atoms with Crippen LogP contribution in [0.5, 0.6) is 0 Å². The molecule has 2 atom stereocenters. The Hall–Kier alpha value is -2.87. The number of hydrogen-bond donors (Lipinski definition) is 1. The van der Waals surface area contributed by atoms with Crippen LogP contribution in [0.2, 0.25) is 0 Å². The molecule has 0 spiro atoms. The van der Waals surface area contributed by atoms with Gasteiger partial charge >= 0.3 is 0 Å². The maximum Gasteiger partial charge on any atom is 0.261 e. The monoisotopic (exact) mass is 483 g/mol. The average molecular weight is 484 g/mol. The molecule has 3 rings (SSSR count). The highest BCUT2D eigenvalue weighted by Crippen LogP contribution is 2.27. The summed E-state index contributed by atoms with van der Waals surface area (Å²) in [7, 11) is 1.12. The minimum Gasteiger partial charge on any atom is -0.498 e. The first-order valence-corrected chi connectivity index (χ1v) is 12.5. The van der Waals surface area contributed by atoms with Crippen LogP contribution in [0.25, 0.3) is 6.08 Å². The number of allylic oxidation sites excluding steroid dienone is 3. The number of ether oxygens (including phenoxy) is 3. The van der Waals surface area contributed by atoms with E-state index in [2.05, 4.69) is 25.5 Å². The molecule has 0 aliphatic heterocycles. The molecular weight excluding hydrogens is 450 g/mol. The molecule has 7 heteroatoms. The molecule has 0 radical (unpaired) electrons. The molecule has 1 aliphatic rings. The van der Waals surface area contributed by atoms with Crippen molar-refractivity contribution in [3.05, 3.63) is 89.2 Å². The van der Waals surface area contributed by atoms with Crippen LogP contribution in [0.3, 0.4) is 0 Å². The van der Waals surface area contributed by atoms with Crippen molar-refractivity contribution in [2.24, 2.45) is 0 Å². The summed E-state index contributed by atoms with van der Waals surface area (Å²) >= 11 is 0. The summed E-state index contributed by atoms with van der Waals surface area (Å²) in [6.07, 6.45) is 7.12. The van der Waals surface area contributed by atoms with Crippen molar-refractivity contribution in [1.29, 1.82) is 0 Å². The van der Waals surface area contributed by atoms with Crippen molar-refractivity contribution < 1.29 is 22.6 Å². The lowest BCUT2D eigenvalue weighted by atomic mass is 9.87. The Morgan fingerprint density at radius 2 is 1.68 bits per heavy atom. The first kappa shape index (κ1) is 25.7. The van der Waals surface area contributed by atoms with Gasteiger partial charge in [-0.1, -0.05) is 57.2 Å². The van der Waals surface area contributed by atoms with Crippen LogP contribution in [0.15, 0.2) is 83.0 Å². The second kappa shape index (κ2) is 10.6. The fourth-order valence-corrected chi connectivity index (χ4v) is 4.79. The van der Waals surface area contributed by atoms with Crippen LogP contribution in [-0.4, -0.2) is 42.0 Å². The predicted molar refractivity (Wildman–Crippen MR) is 136 cm³/mol. The van der Waals surface area contributed by atoms with Crippen molar-refractivity contribution in [2.45, 2.75) is 43.3 Å². The summed E-state index contributed by atoms with van der Waals surface area (Å²) in [6, 6.07) is 14.3. The Bertz CT molecular complexity index is 1210. The molecule has 0 saturated heterocycles. The number of nitrogens with one attached hydrogen (secondary N) is 1. The quantitative estimate of drug-likeness (QED) is 0.552. The van der Waals surface area contributed by atoms with Gasteiger partial charge in [-0.05, 0) is 58.5 Å². The third kappa shape index (κ3) is 6.17. The molecule has 1 aliphatic carbocycles. The van der Waals surface area contributed by atoms with Crippen LogP contribution < -0.4 is 4.72 Å². The third-order valence-electron chi connectivity index (χ3n) is 5.62. The summed E-state index contributed by atoms with van der Waals surface area (Å²) in [5, 5.41) is 0. The van der Waals surface area contributed by atoms with Gasteiger partial charge in [-0.3, -0.25) is 4.72 Å². The van der Waals surface area contributed by atoms with Gasteiger partial charge in [-0.2, -0.15) is 0 Å². The first-order chi connectivity index (χ1) is 16.1. The predicted octanol–water partition coefficient (Wildman–Crippen LogP) is 5.30. The molecule has 182 valence electrons. The van der Waals surface area contributed by atoms with Gasteiger partial charge in [0.05, 0.1) is 12.0 Å². The summed E-state index contributed by atoms with van der Waals surface area (Å²) < 4.78 is 45.2. The van der Waals surface area contributed by atoms with E-state index in [9.17, 15) is 8.42 Å². The van der Waals surface area contributed by atoms with E-state index in [1.807, 2.05) is 42.5 Å². The lowest BCUT2D eigenvalue weighted by molar-refractivity contribution is -0.0187. The van der Waals surface area contributed by atoms with Crippen molar-refractivity contribution in [2.75, 3.05) is 26.1 Å². The maximum absolute atomic E-state index is 13.0.